The Balaban J connectivity index is 1.63. The molecule has 32 heavy (non-hydrogen) atoms. The third kappa shape index (κ3) is 6.19. The van der Waals surface area contributed by atoms with E-state index in [9.17, 15) is 9.59 Å². The van der Waals surface area contributed by atoms with Gasteiger partial charge in [-0.05, 0) is 45.9 Å². The number of hydrogen-bond donors (Lipinski definition) is 2. The molecule has 2 saturated heterocycles. The van der Waals surface area contributed by atoms with Crippen LogP contribution in [-0.2, 0) is 9.47 Å². The minimum absolute atomic E-state index is 0.311. The van der Waals surface area contributed by atoms with Gasteiger partial charge in [-0.3, -0.25) is 4.90 Å². The standard InChI is InChI=1S/C21H30FN5O4S/c1-14(32)23-12-16-13-26(19(28)30-16)15-5-6-18(17(22)11-15)25-8-7-24-27(10-9-25)20(29)31-21(2,3)4/h5-6,11,16,24H,7-10,12-13H2,1-4H3,(H,23,32)/t16-/m0/s1. The van der Waals surface area contributed by atoms with Crippen LogP contribution in [0, 0.1) is 5.82 Å². The fraction of sp³-hybridized carbons (Fsp3) is 0.571. The van der Waals surface area contributed by atoms with E-state index in [0.29, 0.717) is 55.6 Å². The molecule has 2 heterocycles. The Bertz CT molecular complexity index is 878. The van der Waals surface area contributed by atoms with Gasteiger partial charge in [-0.25, -0.2) is 24.4 Å². The highest BCUT2D eigenvalue weighted by Gasteiger charge is 2.33. The molecule has 9 nitrogen and oxygen atoms in total. The maximum Gasteiger partial charge on any atom is 0.424 e. The van der Waals surface area contributed by atoms with E-state index in [1.54, 1.807) is 39.8 Å². The van der Waals surface area contributed by atoms with Crippen molar-refractivity contribution in [3.63, 3.8) is 0 Å². The molecule has 0 spiro atoms. The molecule has 0 bridgehead atoms. The lowest BCUT2D eigenvalue weighted by Gasteiger charge is -2.27. The van der Waals surface area contributed by atoms with Crippen molar-refractivity contribution in [1.29, 1.82) is 0 Å². The summed E-state index contributed by atoms with van der Waals surface area (Å²) in [5, 5.41) is 4.39. The van der Waals surface area contributed by atoms with Gasteiger partial charge >= 0.3 is 12.2 Å². The van der Waals surface area contributed by atoms with Crippen LogP contribution in [-0.4, -0.2) is 73.2 Å². The van der Waals surface area contributed by atoms with Gasteiger partial charge in [0.05, 0.1) is 36.0 Å². The molecule has 3 rings (SSSR count). The number of thiocarbonyl (C=S) groups is 1. The van der Waals surface area contributed by atoms with Gasteiger partial charge in [0.1, 0.15) is 17.5 Å². The first-order chi connectivity index (χ1) is 15.0. The SMILES string of the molecule is CC(=S)NC[C@H]1CN(c2ccc(N3CCNN(C(=O)OC(C)(C)C)CC3)c(F)c2)C(=O)O1. The molecular weight excluding hydrogens is 437 g/mol. The second-order valence-corrected chi connectivity index (χ2v) is 9.33. The van der Waals surface area contributed by atoms with Crippen LogP contribution in [0.2, 0.25) is 0 Å². The van der Waals surface area contributed by atoms with Crippen LogP contribution in [0.5, 0.6) is 0 Å². The Kier molecular flexibility index (Phi) is 7.40. The highest BCUT2D eigenvalue weighted by atomic mass is 32.1. The summed E-state index contributed by atoms with van der Waals surface area (Å²) in [6.07, 6.45) is -1.34. The molecule has 1 aromatic carbocycles. The van der Waals surface area contributed by atoms with Gasteiger partial charge in [0.2, 0.25) is 0 Å². The Morgan fingerprint density at radius 2 is 2.09 bits per heavy atom. The highest BCUT2D eigenvalue weighted by molar-refractivity contribution is 7.80. The number of rotatable bonds is 4. The van der Waals surface area contributed by atoms with Gasteiger partial charge in [-0.15, -0.1) is 0 Å². The summed E-state index contributed by atoms with van der Waals surface area (Å²) in [6, 6.07) is 4.68. The largest absolute Gasteiger partial charge is 0.443 e. The fourth-order valence-corrected chi connectivity index (χ4v) is 3.54. The maximum absolute atomic E-state index is 15.0. The molecule has 2 N–H and O–H groups in total. The summed E-state index contributed by atoms with van der Waals surface area (Å²) < 4.78 is 25.7. The molecule has 2 amide bonds. The quantitative estimate of drug-likeness (QED) is 0.654. The molecule has 0 saturated carbocycles. The number of anilines is 2. The molecule has 1 aromatic rings. The first kappa shape index (κ1) is 24.0. The van der Waals surface area contributed by atoms with E-state index in [4.69, 9.17) is 21.7 Å². The van der Waals surface area contributed by atoms with Crippen LogP contribution in [0.1, 0.15) is 27.7 Å². The summed E-state index contributed by atoms with van der Waals surface area (Å²) in [4.78, 5) is 28.4. The Morgan fingerprint density at radius 3 is 2.75 bits per heavy atom. The van der Waals surface area contributed by atoms with Crippen LogP contribution in [0.3, 0.4) is 0 Å². The Morgan fingerprint density at radius 1 is 1.34 bits per heavy atom. The summed E-state index contributed by atoms with van der Waals surface area (Å²) in [7, 11) is 0. The number of amides is 2. The van der Waals surface area contributed by atoms with E-state index in [1.165, 1.54) is 16.0 Å². The third-order valence-corrected chi connectivity index (χ3v) is 5.07. The van der Waals surface area contributed by atoms with Gasteiger partial charge in [0.25, 0.3) is 0 Å². The second-order valence-electron chi connectivity index (χ2n) is 8.72. The normalized spacial score (nSPS) is 19.5. The van der Waals surface area contributed by atoms with Gasteiger partial charge in [-0.1, -0.05) is 12.2 Å². The van der Waals surface area contributed by atoms with Crippen molar-refractivity contribution in [3.8, 4) is 0 Å². The summed E-state index contributed by atoms with van der Waals surface area (Å²) >= 11 is 4.98. The number of cyclic esters (lactones) is 1. The van der Waals surface area contributed by atoms with Crippen LogP contribution in [0.25, 0.3) is 0 Å². The Labute approximate surface area is 192 Å². The molecule has 0 aromatic heterocycles. The molecule has 2 aliphatic heterocycles. The number of benzene rings is 1. The molecule has 1 atom stereocenters. The zero-order valence-electron chi connectivity index (χ0n) is 18.8. The lowest BCUT2D eigenvalue weighted by atomic mass is 10.2. The number of nitrogens with one attached hydrogen (secondary N) is 2. The molecule has 0 radical (unpaired) electrons. The van der Waals surface area contributed by atoms with Crippen LogP contribution in [0.15, 0.2) is 18.2 Å². The third-order valence-electron chi connectivity index (χ3n) is 4.93. The van der Waals surface area contributed by atoms with Crippen molar-refractivity contribution in [3.05, 3.63) is 24.0 Å². The number of hydrazine groups is 1. The summed E-state index contributed by atoms with van der Waals surface area (Å²) in [6.45, 7) is 9.61. The monoisotopic (exact) mass is 467 g/mol. The molecule has 176 valence electrons. The first-order valence-electron chi connectivity index (χ1n) is 10.5. The van der Waals surface area contributed by atoms with Crippen molar-refractivity contribution < 1.29 is 23.5 Å². The molecule has 0 aliphatic carbocycles. The molecule has 2 fully saturated rings. The van der Waals surface area contributed by atoms with E-state index in [0.717, 1.165) is 0 Å². The van der Waals surface area contributed by atoms with Gasteiger partial charge in [0, 0.05) is 19.6 Å². The molecule has 0 unspecified atom stereocenters. The smallest absolute Gasteiger partial charge is 0.424 e. The number of ether oxygens (including phenoxy) is 2. The van der Waals surface area contributed by atoms with E-state index < -0.39 is 23.6 Å². The van der Waals surface area contributed by atoms with E-state index >= 15 is 4.39 Å². The van der Waals surface area contributed by atoms with Crippen molar-refractivity contribution in [2.75, 3.05) is 49.1 Å². The maximum atomic E-state index is 15.0. The molecule has 2 aliphatic rings. The predicted molar refractivity (Wildman–Crippen MR) is 123 cm³/mol. The topological polar surface area (TPSA) is 86.4 Å². The average molecular weight is 468 g/mol. The number of carbonyl (C=O) groups excluding carboxylic acids is 2. The number of carbonyl (C=O) groups is 2. The predicted octanol–water partition coefficient (Wildman–Crippen LogP) is 2.65. The van der Waals surface area contributed by atoms with Crippen molar-refractivity contribution in [1.82, 2.24) is 15.8 Å². The average Bonchev–Trinajstić information content (AvgIpc) is 2.90. The van der Waals surface area contributed by atoms with Gasteiger partial charge < -0.3 is 19.7 Å². The zero-order valence-corrected chi connectivity index (χ0v) is 19.6. The van der Waals surface area contributed by atoms with Gasteiger partial charge in [0.15, 0.2) is 0 Å². The fourth-order valence-electron chi connectivity index (χ4n) is 3.46. The molecular formula is C21H30FN5O4S. The van der Waals surface area contributed by atoms with Crippen molar-refractivity contribution >= 4 is 40.8 Å². The molecule has 11 heteroatoms. The van der Waals surface area contributed by atoms with Gasteiger partial charge in [-0.2, -0.15) is 0 Å². The highest BCUT2D eigenvalue weighted by Crippen LogP contribution is 2.28. The van der Waals surface area contributed by atoms with Crippen molar-refractivity contribution in [2.45, 2.75) is 39.4 Å². The number of halogens is 1. The zero-order chi connectivity index (χ0) is 23.5. The van der Waals surface area contributed by atoms with Crippen LogP contribution >= 0.6 is 12.2 Å². The minimum atomic E-state index is -0.596. The number of nitrogens with zero attached hydrogens (tertiary/aromatic N) is 3. The van der Waals surface area contributed by atoms with Crippen LogP contribution < -0.4 is 20.5 Å². The Hall–Kier alpha value is -2.66. The lowest BCUT2D eigenvalue weighted by Crippen LogP contribution is -2.46. The van der Waals surface area contributed by atoms with E-state index in [1.807, 2.05) is 4.90 Å². The summed E-state index contributed by atoms with van der Waals surface area (Å²) in [5.41, 5.74) is 3.26. The van der Waals surface area contributed by atoms with Crippen LogP contribution in [0.4, 0.5) is 25.4 Å². The lowest BCUT2D eigenvalue weighted by molar-refractivity contribution is 0.0161. The summed E-state index contributed by atoms with van der Waals surface area (Å²) in [5.74, 6) is -0.447. The second kappa shape index (κ2) is 9.86. The number of hydrogen-bond acceptors (Lipinski definition) is 7. The van der Waals surface area contributed by atoms with Crippen molar-refractivity contribution in [2.24, 2.45) is 0 Å². The first-order valence-corrected chi connectivity index (χ1v) is 11.0. The van der Waals surface area contributed by atoms with E-state index in [-0.39, 0.29) is 6.10 Å². The van der Waals surface area contributed by atoms with E-state index in [2.05, 4.69) is 10.7 Å². The minimum Gasteiger partial charge on any atom is -0.443 e.